The maximum atomic E-state index is 13.0. The van der Waals surface area contributed by atoms with Crippen LogP contribution in [0.3, 0.4) is 0 Å². The van der Waals surface area contributed by atoms with Gasteiger partial charge in [0.15, 0.2) is 0 Å². The van der Waals surface area contributed by atoms with Crippen molar-refractivity contribution in [2.45, 2.75) is 40.2 Å². The third kappa shape index (κ3) is 3.65. The van der Waals surface area contributed by atoms with Crippen LogP contribution in [0.15, 0.2) is 36.4 Å². The van der Waals surface area contributed by atoms with E-state index in [1.165, 1.54) is 10.5 Å². The lowest BCUT2D eigenvalue weighted by atomic mass is 10.1. The highest BCUT2D eigenvalue weighted by molar-refractivity contribution is 5.94. The molecular weight excluding hydrogens is 378 g/mol. The fourth-order valence-electron chi connectivity index (χ4n) is 4.66. The summed E-state index contributed by atoms with van der Waals surface area (Å²) in [6.45, 7) is 7.18. The van der Waals surface area contributed by atoms with Crippen LogP contribution in [0, 0.1) is 20.8 Å². The molecule has 2 N–H and O–H groups in total. The van der Waals surface area contributed by atoms with Gasteiger partial charge in [-0.15, -0.1) is 0 Å². The Morgan fingerprint density at radius 3 is 2.40 bits per heavy atom. The van der Waals surface area contributed by atoms with Gasteiger partial charge in [-0.1, -0.05) is 35.9 Å². The number of fused-ring (bicyclic) bond motifs is 3. The number of nitrogens with zero attached hydrogens (tertiary/aromatic N) is 2. The van der Waals surface area contributed by atoms with Crippen molar-refractivity contribution < 1.29 is 14.7 Å². The summed E-state index contributed by atoms with van der Waals surface area (Å²) < 4.78 is 2.06. The predicted molar refractivity (Wildman–Crippen MR) is 118 cm³/mol. The van der Waals surface area contributed by atoms with Gasteiger partial charge in [-0.2, -0.15) is 0 Å². The Hall–Kier alpha value is -3.28. The van der Waals surface area contributed by atoms with Crippen LogP contribution in [0.25, 0.3) is 10.9 Å². The molecule has 156 valence electrons. The zero-order valence-corrected chi connectivity index (χ0v) is 17.7. The molecule has 6 heteroatoms. The first-order valence-electron chi connectivity index (χ1n) is 10.3. The first kappa shape index (κ1) is 20.0. The van der Waals surface area contributed by atoms with Crippen LogP contribution in [0.5, 0.6) is 0 Å². The molecule has 0 atom stereocenters. The molecule has 0 radical (unpaired) electrons. The smallest absolute Gasteiger partial charge is 0.407 e. The van der Waals surface area contributed by atoms with Gasteiger partial charge in [0.2, 0.25) is 5.91 Å². The Bertz CT molecular complexity index is 1120. The summed E-state index contributed by atoms with van der Waals surface area (Å²) in [7, 11) is 0. The zero-order valence-electron chi connectivity index (χ0n) is 17.7. The molecule has 1 aliphatic rings. The molecule has 3 aromatic rings. The van der Waals surface area contributed by atoms with Gasteiger partial charge in [-0.3, -0.25) is 4.79 Å². The molecule has 0 spiro atoms. The van der Waals surface area contributed by atoms with E-state index in [0.29, 0.717) is 25.9 Å². The van der Waals surface area contributed by atoms with Gasteiger partial charge in [0.05, 0.1) is 0 Å². The number of amides is 2. The average molecular weight is 405 g/mol. The van der Waals surface area contributed by atoms with Crippen molar-refractivity contribution in [1.82, 2.24) is 9.47 Å². The third-order valence-corrected chi connectivity index (χ3v) is 5.96. The maximum Gasteiger partial charge on any atom is 0.407 e. The third-order valence-electron chi connectivity index (χ3n) is 5.96. The van der Waals surface area contributed by atoms with Gasteiger partial charge in [0.1, 0.15) is 6.54 Å². The molecule has 6 nitrogen and oxygen atoms in total. The van der Waals surface area contributed by atoms with Crippen molar-refractivity contribution in [3.05, 3.63) is 64.3 Å². The van der Waals surface area contributed by atoms with Crippen LogP contribution < -0.4 is 5.32 Å². The molecule has 0 saturated carbocycles. The first-order chi connectivity index (χ1) is 14.3. The van der Waals surface area contributed by atoms with E-state index in [1.54, 1.807) is 0 Å². The summed E-state index contributed by atoms with van der Waals surface area (Å²) >= 11 is 0. The number of hydrogen-bond donors (Lipinski definition) is 2. The number of benzene rings is 2. The minimum absolute atomic E-state index is 0.0760. The van der Waals surface area contributed by atoms with Crippen molar-refractivity contribution in [3.63, 3.8) is 0 Å². The number of aryl methyl sites for hydroxylation is 3. The van der Waals surface area contributed by atoms with Gasteiger partial charge in [0, 0.05) is 41.8 Å². The van der Waals surface area contributed by atoms with E-state index < -0.39 is 6.09 Å². The van der Waals surface area contributed by atoms with E-state index in [4.69, 9.17) is 0 Å². The predicted octanol–water partition coefficient (Wildman–Crippen LogP) is 4.28. The summed E-state index contributed by atoms with van der Waals surface area (Å²) in [6, 6.07) is 12.2. The second-order valence-electron chi connectivity index (χ2n) is 8.12. The van der Waals surface area contributed by atoms with Crippen LogP contribution in [0.2, 0.25) is 0 Å². The standard InChI is InChI=1S/C24H27N3O3/c1-15-12-16(2)23(17(3)13-15)25-22(28)14-27-20-7-5-4-6-18(20)19-8-10-26(24(29)30)11-9-21(19)27/h4-7,12-13H,8-11,14H2,1-3H3,(H,25,28)(H,29,30). The van der Waals surface area contributed by atoms with Crippen molar-refractivity contribution in [2.24, 2.45) is 0 Å². The van der Waals surface area contributed by atoms with Crippen LogP contribution in [0.4, 0.5) is 10.5 Å². The highest BCUT2D eigenvalue weighted by Gasteiger charge is 2.24. The molecule has 1 aromatic heterocycles. The monoisotopic (exact) mass is 405 g/mol. The molecular formula is C24H27N3O3. The summed E-state index contributed by atoms with van der Waals surface area (Å²) in [6.07, 6.45) is 0.373. The SMILES string of the molecule is Cc1cc(C)c(NC(=O)Cn2c3c(c4ccccc42)CCN(C(=O)O)CC3)c(C)c1. The fourth-order valence-corrected chi connectivity index (χ4v) is 4.66. The summed E-state index contributed by atoms with van der Waals surface area (Å²) in [4.78, 5) is 25.9. The average Bonchev–Trinajstić information content (AvgIpc) is 2.84. The molecule has 2 heterocycles. The summed E-state index contributed by atoms with van der Waals surface area (Å²) in [5.74, 6) is -0.0760. The van der Waals surface area contributed by atoms with E-state index in [2.05, 4.69) is 28.1 Å². The van der Waals surface area contributed by atoms with Crippen LogP contribution >= 0.6 is 0 Å². The normalized spacial score (nSPS) is 13.8. The number of rotatable bonds is 3. The molecule has 0 fully saturated rings. The Morgan fingerprint density at radius 1 is 1.03 bits per heavy atom. The van der Waals surface area contributed by atoms with Crippen LogP contribution in [-0.2, 0) is 24.2 Å². The molecule has 2 amide bonds. The number of anilines is 1. The number of carbonyl (C=O) groups excluding carboxylic acids is 1. The van der Waals surface area contributed by atoms with E-state index >= 15 is 0 Å². The minimum atomic E-state index is -0.890. The molecule has 4 rings (SSSR count). The van der Waals surface area contributed by atoms with Crippen LogP contribution in [0.1, 0.15) is 27.9 Å². The summed E-state index contributed by atoms with van der Waals surface area (Å²) in [5.41, 5.74) is 7.39. The lowest BCUT2D eigenvalue weighted by Crippen LogP contribution is -2.32. The van der Waals surface area contributed by atoms with Gasteiger partial charge in [0.25, 0.3) is 0 Å². The molecule has 1 aliphatic heterocycles. The van der Waals surface area contributed by atoms with E-state index in [0.717, 1.165) is 39.0 Å². The van der Waals surface area contributed by atoms with Crippen molar-refractivity contribution in [3.8, 4) is 0 Å². The van der Waals surface area contributed by atoms with Crippen molar-refractivity contribution >= 4 is 28.6 Å². The van der Waals surface area contributed by atoms with E-state index in [-0.39, 0.29) is 12.5 Å². The van der Waals surface area contributed by atoms with E-state index in [1.807, 2.05) is 39.0 Å². The molecule has 30 heavy (non-hydrogen) atoms. The Balaban J connectivity index is 1.67. The number of nitrogens with one attached hydrogen (secondary N) is 1. The van der Waals surface area contributed by atoms with Gasteiger partial charge in [-0.05, 0) is 49.9 Å². The second kappa shape index (κ2) is 7.86. The Morgan fingerprint density at radius 2 is 1.70 bits per heavy atom. The summed E-state index contributed by atoms with van der Waals surface area (Å²) in [5, 5.41) is 13.6. The van der Waals surface area contributed by atoms with Gasteiger partial charge < -0.3 is 19.9 Å². The topological polar surface area (TPSA) is 74.6 Å². The largest absolute Gasteiger partial charge is 0.465 e. The maximum absolute atomic E-state index is 13.0. The molecule has 0 bridgehead atoms. The van der Waals surface area contributed by atoms with Crippen LogP contribution in [-0.4, -0.2) is 39.7 Å². The molecule has 2 aromatic carbocycles. The number of aromatic nitrogens is 1. The zero-order chi connectivity index (χ0) is 21.4. The number of carbonyl (C=O) groups is 2. The highest BCUT2D eigenvalue weighted by atomic mass is 16.4. The fraction of sp³-hybridized carbons (Fsp3) is 0.333. The highest BCUT2D eigenvalue weighted by Crippen LogP contribution is 2.30. The van der Waals surface area contributed by atoms with Crippen molar-refractivity contribution in [2.75, 3.05) is 18.4 Å². The Kier molecular flexibility index (Phi) is 5.24. The van der Waals surface area contributed by atoms with Gasteiger partial charge >= 0.3 is 6.09 Å². The molecule has 0 unspecified atom stereocenters. The molecule has 0 aliphatic carbocycles. The number of para-hydroxylation sites is 1. The lowest BCUT2D eigenvalue weighted by Gasteiger charge is -2.17. The Labute approximate surface area is 176 Å². The van der Waals surface area contributed by atoms with Gasteiger partial charge in [-0.25, -0.2) is 4.79 Å². The molecule has 0 saturated heterocycles. The van der Waals surface area contributed by atoms with E-state index in [9.17, 15) is 14.7 Å². The van der Waals surface area contributed by atoms with Crippen molar-refractivity contribution in [1.29, 1.82) is 0 Å². The number of hydrogen-bond acceptors (Lipinski definition) is 2. The quantitative estimate of drug-likeness (QED) is 0.683. The minimum Gasteiger partial charge on any atom is -0.465 e. The lowest BCUT2D eigenvalue weighted by molar-refractivity contribution is -0.116. The second-order valence-corrected chi connectivity index (χ2v) is 8.12. The first-order valence-corrected chi connectivity index (χ1v) is 10.3. The number of carboxylic acid groups (broad SMARTS) is 1.